The number of carbonyl (C=O) groups excluding carboxylic acids is 1. The number of hydrogen-bond donors (Lipinski definition) is 1. The Hall–Kier alpha value is -2.63. The average molecular weight is 321 g/mol. The molecule has 0 atom stereocenters. The molecular formula is C17H17F2NO3. The van der Waals surface area contributed by atoms with E-state index in [9.17, 15) is 13.6 Å². The summed E-state index contributed by atoms with van der Waals surface area (Å²) in [5.41, 5.74) is 1.73. The molecule has 1 N–H and O–H groups in total. The van der Waals surface area contributed by atoms with Crippen LogP contribution in [0, 0.1) is 13.8 Å². The lowest BCUT2D eigenvalue weighted by Gasteiger charge is -2.18. The minimum atomic E-state index is -4.00. The first-order valence-electron chi connectivity index (χ1n) is 6.91. The monoisotopic (exact) mass is 321 g/mol. The highest BCUT2D eigenvalue weighted by atomic mass is 19.3. The van der Waals surface area contributed by atoms with E-state index < -0.39 is 12.0 Å². The van der Waals surface area contributed by atoms with Gasteiger partial charge in [-0.25, -0.2) is 0 Å². The highest BCUT2D eigenvalue weighted by molar-refractivity contribution is 5.95. The van der Waals surface area contributed by atoms with Gasteiger partial charge in [0, 0.05) is 11.8 Å². The second-order valence-electron chi connectivity index (χ2n) is 5.13. The molecule has 0 bridgehead atoms. The fourth-order valence-corrected chi connectivity index (χ4v) is 2.09. The number of anilines is 1. The van der Waals surface area contributed by atoms with E-state index in [0.29, 0.717) is 5.75 Å². The SMILES string of the molecule is COc1cccc(NC(=O)C(F)(F)Oc2cc(C)cc(C)c2)c1. The van der Waals surface area contributed by atoms with Gasteiger partial charge in [-0.05, 0) is 49.2 Å². The quantitative estimate of drug-likeness (QED) is 0.908. The Morgan fingerprint density at radius 1 is 1.04 bits per heavy atom. The lowest BCUT2D eigenvalue weighted by molar-refractivity contribution is -0.187. The predicted octanol–water partition coefficient (Wildman–Crippen LogP) is 3.92. The molecule has 0 saturated heterocycles. The van der Waals surface area contributed by atoms with Crippen molar-refractivity contribution in [2.24, 2.45) is 0 Å². The molecule has 2 rings (SSSR count). The third-order valence-corrected chi connectivity index (χ3v) is 3.03. The first-order chi connectivity index (χ1) is 10.8. The van der Waals surface area contributed by atoms with Crippen molar-refractivity contribution in [3.05, 3.63) is 53.6 Å². The number of aryl methyl sites for hydroxylation is 2. The van der Waals surface area contributed by atoms with Crippen LogP contribution in [-0.2, 0) is 4.79 Å². The molecule has 0 aromatic heterocycles. The zero-order valence-corrected chi connectivity index (χ0v) is 13.0. The van der Waals surface area contributed by atoms with E-state index in [4.69, 9.17) is 4.74 Å². The Labute approximate surface area is 133 Å². The van der Waals surface area contributed by atoms with E-state index in [-0.39, 0.29) is 11.4 Å². The van der Waals surface area contributed by atoms with Gasteiger partial charge in [-0.1, -0.05) is 12.1 Å². The Balaban J connectivity index is 2.12. The normalized spacial score (nSPS) is 11.0. The first-order valence-corrected chi connectivity index (χ1v) is 6.91. The largest absolute Gasteiger partial charge is 0.497 e. The second-order valence-corrected chi connectivity index (χ2v) is 5.13. The van der Waals surface area contributed by atoms with Gasteiger partial charge in [-0.3, -0.25) is 4.79 Å². The molecule has 0 aliphatic carbocycles. The third kappa shape index (κ3) is 4.42. The molecule has 1 amide bonds. The van der Waals surface area contributed by atoms with Crippen LogP contribution in [0.4, 0.5) is 14.5 Å². The maximum absolute atomic E-state index is 14.0. The van der Waals surface area contributed by atoms with Crippen LogP contribution < -0.4 is 14.8 Å². The topological polar surface area (TPSA) is 47.6 Å². The smallest absolute Gasteiger partial charge is 0.482 e. The molecule has 0 heterocycles. The maximum atomic E-state index is 14.0. The molecule has 0 unspecified atom stereocenters. The Morgan fingerprint density at radius 2 is 1.70 bits per heavy atom. The first kappa shape index (κ1) is 16.7. The standard InChI is InChI=1S/C17H17F2NO3/c1-11-7-12(2)9-15(8-11)23-17(18,19)16(21)20-13-5-4-6-14(10-13)22-3/h4-10H,1-3H3,(H,20,21). The van der Waals surface area contributed by atoms with Gasteiger partial charge in [0.25, 0.3) is 0 Å². The zero-order valence-electron chi connectivity index (χ0n) is 13.0. The van der Waals surface area contributed by atoms with E-state index in [2.05, 4.69) is 10.1 Å². The van der Waals surface area contributed by atoms with Crippen LogP contribution >= 0.6 is 0 Å². The number of alkyl halides is 2. The molecule has 122 valence electrons. The lowest BCUT2D eigenvalue weighted by Crippen LogP contribution is -2.40. The minimum absolute atomic E-state index is 0.0618. The summed E-state index contributed by atoms with van der Waals surface area (Å²) >= 11 is 0. The molecule has 0 aliphatic heterocycles. The van der Waals surface area contributed by atoms with Gasteiger partial charge in [-0.2, -0.15) is 8.78 Å². The molecule has 6 heteroatoms. The van der Waals surface area contributed by atoms with Crippen LogP contribution in [-0.4, -0.2) is 19.1 Å². The van der Waals surface area contributed by atoms with Crippen molar-refractivity contribution in [3.8, 4) is 11.5 Å². The molecule has 0 fully saturated rings. The second kappa shape index (κ2) is 6.64. The van der Waals surface area contributed by atoms with Crippen molar-refractivity contribution in [3.63, 3.8) is 0 Å². The van der Waals surface area contributed by atoms with Gasteiger partial charge in [0.05, 0.1) is 7.11 Å². The number of amides is 1. The van der Waals surface area contributed by atoms with E-state index in [1.54, 1.807) is 26.0 Å². The van der Waals surface area contributed by atoms with Gasteiger partial charge in [0.1, 0.15) is 11.5 Å². The summed E-state index contributed by atoms with van der Waals surface area (Å²) in [5.74, 6) is -1.17. The van der Waals surface area contributed by atoms with Gasteiger partial charge >= 0.3 is 12.0 Å². The van der Waals surface area contributed by atoms with Gasteiger partial charge in [-0.15, -0.1) is 0 Å². The van der Waals surface area contributed by atoms with Gasteiger partial charge < -0.3 is 14.8 Å². The van der Waals surface area contributed by atoms with Crippen molar-refractivity contribution < 1.29 is 23.0 Å². The average Bonchev–Trinajstić information content (AvgIpc) is 2.45. The molecule has 0 spiro atoms. The summed E-state index contributed by atoms with van der Waals surface area (Å²) in [6.45, 7) is 3.52. The van der Waals surface area contributed by atoms with Crippen LogP contribution in [0.15, 0.2) is 42.5 Å². The summed E-state index contributed by atoms with van der Waals surface area (Å²) in [4.78, 5) is 11.8. The summed E-state index contributed by atoms with van der Waals surface area (Å²) in [7, 11) is 1.44. The van der Waals surface area contributed by atoms with E-state index in [1.165, 1.54) is 31.4 Å². The number of ether oxygens (including phenoxy) is 2. The number of hydrogen-bond acceptors (Lipinski definition) is 3. The van der Waals surface area contributed by atoms with E-state index >= 15 is 0 Å². The highest BCUT2D eigenvalue weighted by Gasteiger charge is 2.42. The fraction of sp³-hybridized carbons (Fsp3) is 0.235. The highest BCUT2D eigenvalue weighted by Crippen LogP contribution is 2.26. The maximum Gasteiger partial charge on any atom is 0.482 e. The molecule has 2 aromatic carbocycles. The fourth-order valence-electron chi connectivity index (χ4n) is 2.09. The number of rotatable bonds is 5. The van der Waals surface area contributed by atoms with Crippen LogP contribution in [0.1, 0.15) is 11.1 Å². The summed E-state index contributed by atoms with van der Waals surface area (Å²) in [6, 6.07) is 10.8. The molecule has 23 heavy (non-hydrogen) atoms. The summed E-state index contributed by atoms with van der Waals surface area (Å²) < 4.78 is 37.5. The lowest BCUT2D eigenvalue weighted by atomic mass is 10.1. The van der Waals surface area contributed by atoms with Crippen LogP contribution in [0.2, 0.25) is 0 Å². The summed E-state index contributed by atoms with van der Waals surface area (Å²) in [5, 5.41) is 2.11. The Morgan fingerprint density at radius 3 is 2.30 bits per heavy atom. The number of carbonyl (C=O) groups is 1. The van der Waals surface area contributed by atoms with Crippen molar-refractivity contribution in [1.82, 2.24) is 0 Å². The minimum Gasteiger partial charge on any atom is -0.497 e. The van der Waals surface area contributed by atoms with E-state index in [1.807, 2.05) is 6.07 Å². The van der Waals surface area contributed by atoms with Crippen molar-refractivity contribution in [1.29, 1.82) is 0 Å². The molecule has 0 radical (unpaired) electrons. The van der Waals surface area contributed by atoms with Crippen molar-refractivity contribution in [2.75, 3.05) is 12.4 Å². The zero-order chi connectivity index (χ0) is 17.0. The molecule has 0 aliphatic rings. The summed E-state index contributed by atoms with van der Waals surface area (Å²) in [6.07, 6.45) is -4.00. The predicted molar refractivity (Wildman–Crippen MR) is 83.1 cm³/mol. The molecule has 0 saturated carbocycles. The van der Waals surface area contributed by atoms with Crippen LogP contribution in [0.25, 0.3) is 0 Å². The Kier molecular flexibility index (Phi) is 4.83. The van der Waals surface area contributed by atoms with E-state index in [0.717, 1.165) is 11.1 Å². The molecule has 4 nitrogen and oxygen atoms in total. The van der Waals surface area contributed by atoms with Crippen LogP contribution in [0.3, 0.4) is 0 Å². The van der Waals surface area contributed by atoms with Gasteiger partial charge in [0.2, 0.25) is 0 Å². The van der Waals surface area contributed by atoms with Gasteiger partial charge in [0.15, 0.2) is 0 Å². The molecular weight excluding hydrogens is 304 g/mol. The molecule has 2 aromatic rings. The van der Waals surface area contributed by atoms with Crippen LogP contribution in [0.5, 0.6) is 11.5 Å². The Bertz CT molecular complexity index is 696. The van der Waals surface area contributed by atoms with Crippen molar-refractivity contribution in [2.45, 2.75) is 20.0 Å². The number of methoxy groups -OCH3 is 1. The number of halogens is 2. The number of nitrogens with one attached hydrogen (secondary N) is 1. The third-order valence-electron chi connectivity index (χ3n) is 3.03. The van der Waals surface area contributed by atoms with Crippen molar-refractivity contribution >= 4 is 11.6 Å². The number of benzene rings is 2.